The van der Waals surface area contributed by atoms with Gasteiger partial charge in [-0.15, -0.1) is 0 Å². The van der Waals surface area contributed by atoms with Crippen molar-refractivity contribution in [2.45, 2.75) is 19.3 Å². The third-order valence-electron chi connectivity index (χ3n) is 4.48. The van der Waals surface area contributed by atoms with Crippen molar-refractivity contribution in [2.24, 2.45) is 15.1 Å². The lowest BCUT2D eigenvalue weighted by molar-refractivity contribution is -0.114. The number of ether oxygens (including phenoxy) is 3. The molecule has 2 aliphatic heterocycles. The van der Waals surface area contributed by atoms with E-state index in [0.29, 0.717) is 34.5 Å². The summed E-state index contributed by atoms with van der Waals surface area (Å²) in [5.74, 6) is 1.40. The Hall–Kier alpha value is -3.16. The van der Waals surface area contributed by atoms with Gasteiger partial charge in [-0.1, -0.05) is 0 Å². The first-order valence-corrected chi connectivity index (χ1v) is 8.25. The zero-order chi connectivity index (χ0) is 18.3. The number of aliphatic imine (C=N–C) groups is 2. The standard InChI is InChI=1S/C18H18N4O4/c1-24-14-8-7-10(15(25-2)16(14)26-3)9-13-17(23)20-18-19-11-5-4-6-12(11)21-22(13)18/h7-9H,4-6H2,1-3H3. The molecule has 0 aromatic heterocycles. The number of amides is 1. The Morgan fingerprint density at radius 3 is 2.50 bits per heavy atom. The molecule has 0 radical (unpaired) electrons. The molecule has 0 unspecified atom stereocenters. The van der Waals surface area contributed by atoms with Crippen LogP contribution in [0.3, 0.4) is 0 Å². The van der Waals surface area contributed by atoms with Gasteiger partial charge >= 0.3 is 0 Å². The topological polar surface area (TPSA) is 85.1 Å². The molecule has 8 heteroatoms. The van der Waals surface area contributed by atoms with Gasteiger partial charge in [0.05, 0.1) is 32.8 Å². The Balaban J connectivity index is 1.78. The second kappa shape index (κ2) is 6.29. The minimum absolute atomic E-state index is 0.321. The number of fused-ring (bicyclic) bond motifs is 2. The number of hydrogen-bond acceptors (Lipinski definition) is 7. The highest BCUT2D eigenvalue weighted by Crippen LogP contribution is 2.41. The molecule has 2 heterocycles. The molecule has 1 amide bonds. The average Bonchev–Trinajstić information content (AvgIpc) is 3.22. The Labute approximate surface area is 150 Å². The molecule has 3 aliphatic rings. The smallest absolute Gasteiger partial charge is 0.299 e. The minimum Gasteiger partial charge on any atom is -0.493 e. The van der Waals surface area contributed by atoms with Gasteiger partial charge in [0.1, 0.15) is 5.70 Å². The predicted octanol–water partition coefficient (Wildman–Crippen LogP) is 2.25. The summed E-state index contributed by atoms with van der Waals surface area (Å²) in [6, 6.07) is 3.55. The molecular formula is C18H18N4O4. The highest BCUT2D eigenvalue weighted by atomic mass is 16.5. The number of hydrogen-bond donors (Lipinski definition) is 0. The third kappa shape index (κ3) is 2.45. The Morgan fingerprint density at radius 2 is 1.77 bits per heavy atom. The molecule has 0 saturated heterocycles. The van der Waals surface area contributed by atoms with Gasteiger partial charge < -0.3 is 14.2 Å². The van der Waals surface area contributed by atoms with Crippen LogP contribution < -0.4 is 14.2 Å². The second-order valence-electron chi connectivity index (χ2n) is 5.94. The number of hydrazone groups is 1. The first-order valence-electron chi connectivity index (χ1n) is 8.25. The Kier molecular flexibility index (Phi) is 3.95. The maximum atomic E-state index is 12.4. The van der Waals surface area contributed by atoms with Crippen molar-refractivity contribution in [3.8, 4) is 17.2 Å². The number of benzene rings is 1. The van der Waals surface area contributed by atoms with Crippen LogP contribution in [0.25, 0.3) is 6.08 Å². The molecule has 1 aliphatic carbocycles. The fourth-order valence-electron chi connectivity index (χ4n) is 3.25. The van der Waals surface area contributed by atoms with Crippen molar-refractivity contribution >= 4 is 29.4 Å². The number of methoxy groups -OCH3 is 3. The summed E-state index contributed by atoms with van der Waals surface area (Å²) in [7, 11) is 4.62. The maximum absolute atomic E-state index is 12.4. The highest BCUT2D eigenvalue weighted by Gasteiger charge is 2.35. The van der Waals surface area contributed by atoms with E-state index in [0.717, 1.165) is 30.7 Å². The van der Waals surface area contributed by atoms with Crippen LogP contribution in [0.15, 0.2) is 32.9 Å². The van der Waals surface area contributed by atoms with E-state index in [2.05, 4.69) is 15.1 Å². The van der Waals surface area contributed by atoms with E-state index in [4.69, 9.17) is 14.2 Å². The third-order valence-corrected chi connectivity index (χ3v) is 4.48. The van der Waals surface area contributed by atoms with Crippen molar-refractivity contribution in [1.29, 1.82) is 0 Å². The SMILES string of the molecule is COc1ccc(C=C2C(=O)N=C3N=C4CCCC4=NN23)c(OC)c1OC. The monoisotopic (exact) mass is 354 g/mol. The largest absolute Gasteiger partial charge is 0.493 e. The molecule has 1 aromatic carbocycles. The fraction of sp³-hybridized carbons (Fsp3) is 0.333. The molecule has 1 aromatic rings. The average molecular weight is 354 g/mol. The lowest BCUT2D eigenvalue weighted by atomic mass is 10.1. The predicted molar refractivity (Wildman–Crippen MR) is 97.1 cm³/mol. The van der Waals surface area contributed by atoms with Gasteiger partial charge in [0.25, 0.3) is 11.9 Å². The molecule has 26 heavy (non-hydrogen) atoms. The summed E-state index contributed by atoms with van der Waals surface area (Å²) in [4.78, 5) is 20.9. The van der Waals surface area contributed by atoms with Gasteiger partial charge in [-0.25, -0.2) is 4.99 Å². The summed E-state index contributed by atoms with van der Waals surface area (Å²) in [5, 5.41) is 6.07. The number of guanidine groups is 1. The van der Waals surface area contributed by atoms with Gasteiger partial charge in [-0.2, -0.15) is 15.1 Å². The van der Waals surface area contributed by atoms with Crippen LogP contribution in [0.2, 0.25) is 0 Å². The Morgan fingerprint density at radius 1 is 1.00 bits per heavy atom. The summed E-state index contributed by atoms with van der Waals surface area (Å²) >= 11 is 0. The first-order chi connectivity index (χ1) is 12.7. The maximum Gasteiger partial charge on any atom is 0.299 e. The zero-order valence-corrected chi connectivity index (χ0v) is 14.8. The number of carbonyl (C=O) groups excluding carboxylic acids is 1. The molecule has 0 bridgehead atoms. The summed E-state index contributed by atoms with van der Waals surface area (Å²) in [6.07, 6.45) is 4.45. The van der Waals surface area contributed by atoms with Crippen LogP contribution in [0.5, 0.6) is 17.2 Å². The van der Waals surface area contributed by atoms with Crippen molar-refractivity contribution in [1.82, 2.24) is 5.01 Å². The van der Waals surface area contributed by atoms with Gasteiger partial charge in [0.15, 0.2) is 11.5 Å². The lowest BCUT2D eigenvalue weighted by Gasteiger charge is -2.19. The van der Waals surface area contributed by atoms with E-state index < -0.39 is 0 Å². The van der Waals surface area contributed by atoms with E-state index in [9.17, 15) is 4.79 Å². The van der Waals surface area contributed by atoms with E-state index in [-0.39, 0.29) is 5.91 Å². The molecule has 134 valence electrons. The fourth-order valence-corrected chi connectivity index (χ4v) is 3.25. The number of nitrogens with zero attached hydrogens (tertiary/aromatic N) is 4. The van der Waals surface area contributed by atoms with Gasteiger partial charge in [0, 0.05) is 5.56 Å². The normalized spacial score (nSPS) is 19.7. The van der Waals surface area contributed by atoms with Crippen LogP contribution in [-0.4, -0.2) is 49.6 Å². The van der Waals surface area contributed by atoms with Crippen LogP contribution in [-0.2, 0) is 4.79 Å². The van der Waals surface area contributed by atoms with Crippen LogP contribution in [0, 0.1) is 0 Å². The molecule has 0 N–H and O–H groups in total. The molecule has 0 spiro atoms. The van der Waals surface area contributed by atoms with Crippen LogP contribution in [0.4, 0.5) is 0 Å². The minimum atomic E-state index is -0.384. The molecule has 0 atom stereocenters. The highest BCUT2D eigenvalue weighted by molar-refractivity contribution is 6.46. The van der Waals surface area contributed by atoms with Gasteiger partial charge in [-0.3, -0.25) is 4.79 Å². The number of rotatable bonds is 4. The first kappa shape index (κ1) is 16.3. The van der Waals surface area contributed by atoms with Crippen molar-refractivity contribution in [3.05, 3.63) is 23.4 Å². The van der Waals surface area contributed by atoms with E-state index in [1.54, 1.807) is 25.3 Å². The molecule has 4 rings (SSSR count). The lowest BCUT2D eigenvalue weighted by Crippen LogP contribution is -2.28. The van der Waals surface area contributed by atoms with E-state index in [1.807, 2.05) is 0 Å². The Bertz CT molecular complexity index is 914. The van der Waals surface area contributed by atoms with Crippen molar-refractivity contribution in [2.75, 3.05) is 21.3 Å². The van der Waals surface area contributed by atoms with Gasteiger partial charge in [0.2, 0.25) is 5.75 Å². The van der Waals surface area contributed by atoms with Gasteiger partial charge in [-0.05, 0) is 37.5 Å². The number of carbonyl (C=O) groups is 1. The van der Waals surface area contributed by atoms with Crippen molar-refractivity contribution in [3.63, 3.8) is 0 Å². The van der Waals surface area contributed by atoms with Crippen LogP contribution >= 0.6 is 0 Å². The van der Waals surface area contributed by atoms with E-state index >= 15 is 0 Å². The summed E-state index contributed by atoms with van der Waals surface area (Å²) in [6.45, 7) is 0. The van der Waals surface area contributed by atoms with E-state index in [1.165, 1.54) is 19.2 Å². The summed E-state index contributed by atoms with van der Waals surface area (Å²) < 4.78 is 16.2. The summed E-state index contributed by atoms with van der Waals surface area (Å²) in [5.41, 5.74) is 2.83. The molecule has 8 nitrogen and oxygen atoms in total. The van der Waals surface area contributed by atoms with Crippen LogP contribution in [0.1, 0.15) is 24.8 Å². The molecule has 1 saturated carbocycles. The molecule has 1 fully saturated rings. The quantitative estimate of drug-likeness (QED) is 0.774. The zero-order valence-electron chi connectivity index (χ0n) is 14.8. The van der Waals surface area contributed by atoms with Crippen molar-refractivity contribution < 1.29 is 19.0 Å². The molecular weight excluding hydrogens is 336 g/mol. The second-order valence-corrected chi connectivity index (χ2v) is 5.94.